The fourth-order valence-electron chi connectivity index (χ4n) is 7.64. The van der Waals surface area contributed by atoms with Crippen LogP contribution in [0.15, 0.2) is 12.2 Å². The highest BCUT2D eigenvalue weighted by atomic mass is 14.7. The Kier molecular flexibility index (Phi) is 2.63. The van der Waals surface area contributed by atoms with Crippen LogP contribution in [-0.2, 0) is 0 Å². The number of fused-ring (bicyclic) bond motifs is 2. The summed E-state index contributed by atoms with van der Waals surface area (Å²) in [5.41, 5.74) is 3.51. The van der Waals surface area contributed by atoms with Crippen LogP contribution in [0.4, 0.5) is 0 Å². The SMILES string of the molecule is C=C1CC[C@@]23C[C@@H]1CC2CCC1C(C)(C)CCC[C@]13C. The standard InChI is InChI=1S/C20H32/c1-14-8-11-20-13-15(14)12-16(20)6-7-17-18(2,3)9-5-10-19(17,20)4/h15-17H,1,5-13H2,2-4H3/t15-,16?,17?,19+,20+/m0/s1. The maximum atomic E-state index is 4.40. The van der Waals surface area contributed by atoms with Gasteiger partial charge >= 0.3 is 0 Å². The maximum Gasteiger partial charge on any atom is -0.0197 e. The maximum absolute atomic E-state index is 4.40. The van der Waals surface area contributed by atoms with E-state index >= 15 is 0 Å². The summed E-state index contributed by atoms with van der Waals surface area (Å²) in [5.74, 6) is 2.89. The van der Waals surface area contributed by atoms with Crippen molar-refractivity contribution in [3.63, 3.8) is 0 Å². The Balaban J connectivity index is 1.79. The summed E-state index contributed by atoms with van der Waals surface area (Å²) in [4.78, 5) is 0. The molecule has 4 rings (SSSR count). The molecule has 4 saturated carbocycles. The molecule has 4 aliphatic rings. The van der Waals surface area contributed by atoms with Crippen molar-refractivity contribution in [1.29, 1.82) is 0 Å². The highest BCUT2D eigenvalue weighted by Gasteiger charge is 2.65. The third-order valence-electron chi connectivity index (χ3n) is 8.60. The molecule has 0 N–H and O–H groups in total. The van der Waals surface area contributed by atoms with Crippen LogP contribution in [0, 0.1) is 34.0 Å². The average Bonchev–Trinajstić information content (AvgIpc) is 2.70. The number of hydrogen-bond donors (Lipinski definition) is 0. The third kappa shape index (κ3) is 1.44. The van der Waals surface area contributed by atoms with Crippen LogP contribution >= 0.6 is 0 Å². The zero-order chi connectivity index (χ0) is 14.2. The molecule has 112 valence electrons. The summed E-state index contributed by atoms with van der Waals surface area (Å²) in [7, 11) is 0. The normalized spacial score (nSPS) is 53.4. The van der Waals surface area contributed by atoms with Gasteiger partial charge in [0.1, 0.15) is 0 Å². The lowest BCUT2D eigenvalue weighted by atomic mass is 9.40. The van der Waals surface area contributed by atoms with Crippen molar-refractivity contribution in [2.75, 3.05) is 0 Å². The highest BCUT2D eigenvalue weighted by molar-refractivity contribution is 5.22. The molecule has 0 aromatic heterocycles. The van der Waals surface area contributed by atoms with E-state index in [-0.39, 0.29) is 0 Å². The van der Waals surface area contributed by atoms with E-state index in [0.717, 1.165) is 17.8 Å². The van der Waals surface area contributed by atoms with Crippen LogP contribution in [0.3, 0.4) is 0 Å². The minimum absolute atomic E-state index is 0.583. The Bertz CT molecular complexity index is 445. The first-order valence-electron chi connectivity index (χ1n) is 9.07. The van der Waals surface area contributed by atoms with Gasteiger partial charge in [-0.15, -0.1) is 0 Å². The fourth-order valence-corrected chi connectivity index (χ4v) is 7.64. The van der Waals surface area contributed by atoms with Gasteiger partial charge in [0.05, 0.1) is 0 Å². The second kappa shape index (κ2) is 3.93. The molecule has 2 bridgehead atoms. The molecule has 0 aromatic rings. The largest absolute Gasteiger partial charge is 0.0996 e. The van der Waals surface area contributed by atoms with E-state index in [1.54, 1.807) is 5.57 Å². The Morgan fingerprint density at radius 2 is 1.85 bits per heavy atom. The first-order valence-corrected chi connectivity index (χ1v) is 9.07. The summed E-state index contributed by atoms with van der Waals surface area (Å²) in [5, 5.41) is 0. The molecular formula is C20H32. The van der Waals surface area contributed by atoms with Crippen molar-refractivity contribution in [2.45, 2.75) is 78.6 Å². The van der Waals surface area contributed by atoms with Gasteiger partial charge in [-0.1, -0.05) is 39.3 Å². The van der Waals surface area contributed by atoms with Gasteiger partial charge in [-0.25, -0.2) is 0 Å². The van der Waals surface area contributed by atoms with Crippen LogP contribution in [0.2, 0.25) is 0 Å². The molecule has 0 amide bonds. The second-order valence-corrected chi connectivity index (χ2v) is 9.54. The number of hydrogen-bond acceptors (Lipinski definition) is 0. The molecule has 0 aliphatic heterocycles. The monoisotopic (exact) mass is 272 g/mol. The van der Waals surface area contributed by atoms with Gasteiger partial charge in [-0.2, -0.15) is 0 Å². The van der Waals surface area contributed by atoms with Gasteiger partial charge in [0, 0.05) is 0 Å². The Hall–Kier alpha value is -0.260. The third-order valence-corrected chi connectivity index (χ3v) is 8.60. The predicted octanol–water partition coefficient (Wildman–Crippen LogP) is 5.98. The molecule has 0 heteroatoms. The molecule has 0 heterocycles. The Morgan fingerprint density at radius 3 is 2.65 bits per heavy atom. The molecular weight excluding hydrogens is 240 g/mol. The van der Waals surface area contributed by atoms with E-state index in [1.165, 1.54) is 57.8 Å². The molecule has 5 atom stereocenters. The summed E-state index contributed by atoms with van der Waals surface area (Å²) in [6.45, 7) is 12.3. The summed E-state index contributed by atoms with van der Waals surface area (Å²) < 4.78 is 0. The van der Waals surface area contributed by atoms with E-state index in [1.807, 2.05) is 0 Å². The van der Waals surface area contributed by atoms with E-state index in [0.29, 0.717) is 16.2 Å². The summed E-state index contributed by atoms with van der Waals surface area (Å²) in [6.07, 6.45) is 13.3. The van der Waals surface area contributed by atoms with Gasteiger partial charge in [0.25, 0.3) is 0 Å². The molecule has 0 saturated heterocycles. The lowest BCUT2D eigenvalue weighted by Gasteiger charge is -2.65. The first kappa shape index (κ1) is 13.4. The van der Waals surface area contributed by atoms with Gasteiger partial charge in [-0.05, 0) is 85.4 Å². The zero-order valence-corrected chi connectivity index (χ0v) is 13.8. The molecule has 4 aliphatic carbocycles. The summed E-state index contributed by atoms with van der Waals surface area (Å²) in [6, 6.07) is 0. The van der Waals surface area contributed by atoms with Crippen molar-refractivity contribution in [3.8, 4) is 0 Å². The smallest absolute Gasteiger partial charge is 0.0197 e. The molecule has 2 unspecified atom stereocenters. The van der Waals surface area contributed by atoms with Gasteiger partial charge in [-0.3, -0.25) is 0 Å². The van der Waals surface area contributed by atoms with Crippen LogP contribution in [0.25, 0.3) is 0 Å². The average molecular weight is 272 g/mol. The van der Waals surface area contributed by atoms with Crippen molar-refractivity contribution < 1.29 is 0 Å². The fraction of sp³-hybridized carbons (Fsp3) is 0.900. The van der Waals surface area contributed by atoms with Crippen LogP contribution in [0.5, 0.6) is 0 Å². The quantitative estimate of drug-likeness (QED) is 0.476. The number of allylic oxidation sites excluding steroid dienone is 1. The van der Waals surface area contributed by atoms with Crippen molar-refractivity contribution in [3.05, 3.63) is 12.2 Å². The first-order chi connectivity index (χ1) is 9.39. The molecule has 0 radical (unpaired) electrons. The van der Waals surface area contributed by atoms with Crippen molar-refractivity contribution in [2.24, 2.45) is 34.0 Å². The Morgan fingerprint density at radius 1 is 1.05 bits per heavy atom. The van der Waals surface area contributed by atoms with Crippen molar-refractivity contribution >= 4 is 0 Å². The van der Waals surface area contributed by atoms with E-state index < -0.39 is 0 Å². The second-order valence-electron chi connectivity index (χ2n) is 9.54. The lowest BCUT2D eigenvalue weighted by molar-refractivity contribution is -0.155. The lowest BCUT2D eigenvalue weighted by Crippen LogP contribution is -2.57. The van der Waals surface area contributed by atoms with Gasteiger partial charge < -0.3 is 0 Å². The van der Waals surface area contributed by atoms with Crippen LogP contribution < -0.4 is 0 Å². The Labute approximate surface area is 125 Å². The summed E-state index contributed by atoms with van der Waals surface area (Å²) >= 11 is 0. The van der Waals surface area contributed by atoms with E-state index in [2.05, 4.69) is 27.4 Å². The van der Waals surface area contributed by atoms with E-state index in [9.17, 15) is 0 Å². The van der Waals surface area contributed by atoms with Gasteiger partial charge in [0.2, 0.25) is 0 Å². The van der Waals surface area contributed by atoms with Crippen molar-refractivity contribution in [1.82, 2.24) is 0 Å². The molecule has 0 nitrogen and oxygen atoms in total. The van der Waals surface area contributed by atoms with Gasteiger partial charge in [0.15, 0.2) is 0 Å². The highest BCUT2D eigenvalue weighted by Crippen LogP contribution is 2.74. The molecule has 20 heavy (non-hydrogen) atoms. The molecule has 4 fully saturated rings. The zero-order valence-electron chi connectivity index (χ0n) is 13.8. The molecule has 0 aromatic carbocycles. The topological polar surface area (TPSA) is 0 Å². The minimum atomic E-state index is 0.583. The predicted molar refractivity (Wildman–Crippen MR) is 85.5 cm³/mol. The van der Waals surface area contributed by atoms with E-state index in [4.69, 9.17) is 0 Å². The molecule has 1 spiro atoms. The minimum Gasteiger partial charge on any atom is -0.0996 e. The van der Waals surface area contributed by atoms with Crippen LogP contribution in [0.1, 0.15) is 78.6 Å². The van der Waals surface area contributed by atoms with Crippen LogP contribution in [-0.4, -0.2) is 0 Å². The number of rotatable bonds is 0.